The third kappa shape index (κ3) is 16.0. The van der Waals surface area contributed by atoms with Crippen molar-refractivity contribution >= 4 is 36.2 Å². The Morgan fingerprint density at radius 2 is 1.08 bits per heavy atom. The zero-order valence-corrected chi connectivity index (χ0v) is 35.5. The van der Waals surface area contributed by atoms with E-state index in [1.54, 1.807) is 27.7 Å². The van der Waals surface area contributed by atoms with Crippen molar-refractivity contribution in [1.29, 1.82) is 0 Å². The Labute approximate surface area is 341 Å². The average molecular weight is 839 g/mol. The van der Waals surface area contributed by atoms with Gasteiger partial charge < -0.3 is 44.0 Å². The molecule has 2 N–H and O–H groups in total. The second-order valence-electron chi connectivity index (χ2n) is 13.6. The largest absolute Gasteiger partial charge is 0.460 e. The van der Waals surface area contributed by atoms with Gasteiger partial charge in [0.25, 0.3) is 0 Å². The number of allylic oxidation sites excluding steroid dienone is 1. The van der Waals surface area contributed by atoms with Gasteiger partial charge in [0.15, 0.2) is 0 Å². The van der Waals surface area contributed by atoms with Gasteiger partial charge in [-0.2, -0.15) is 0 Å². The second kappa shape index (κ2) is 24.6. The summed E-state index contributed by atoms with van der Waals surface area (Å²) < 4.78 is 33.0. The smallest absolute Gasteiger partial charge is 0.410 e. The third-order valence-electron chi connectivity index (χ3n) is 8.79. The molecule has 330 valence electrons. The van der Waals surface area contributed by atoms with Crippen molar-refractivity contribution in [3.05, 3.63) is 66.9 Å². The first-order valence-corrected chi connectivity index (χ1v) is 18.8. The van der Waals surface area contributed by atoms with Gasteiger partial charge in [-0.3, -0.25) is 0 Å². The van der Waals surface area contributed by atoms with E-state index in [9.17, 15) is 43.2 Å². The van der Waals surface area contributed by atoms with Crippen molar-refractivity contribution in [2.45, 2.75) is 106 Å². The van der Waals surface area contributed by atoms with Crippen LogP contribution < -0.4 is 27.7 Å². The molecule has 1 aromatic heterocycles. The van der Waals surface area contributed by atoms with Crippen LogP contribution in [0.15, 0.2) is 49.8 Å². The van der Waals surface area contributed by atoms with Crippen LogP contribution in [-0.2, 0) is 55.9 Å². The van der Waals surface area contributed by atoms with Crippen LogP contribution in [0.5, 0.6) is 0 Å². The normalized spacial score (nSPS) is 12.6. The maximum Gasteiger partial charge on any atom is 0.410 e. The molecular weight excluding hydrogens is 780 g/mol. The predicted molar refractivity (Wildman–Crippen MR) is 212 cm³/mol. The SMILES string of the molecule is C=C(C)C(=O)OCCNC(=O)OCCn1c(=O)n(CCOC(=O)NCCOC(=O)C(=C)C)c(=O)n(C(C)C(C)OC(=O)N(C)C(C)C(C)OC(=O)C(CC)=C(C)C)c1=O. The molecule has 0 fully saturated rings. The number of nitrogens with one attached hydrogen (secondary N) is 2. The number of hydrogen-bond donors (Lipinski definition) is 2. The van der Waals surface area contributed by atoms with Crippen molar-refractivity contribution in [2.24, 2.45) is 0 Å². The predicted octanol–water partition coefficient (Wildman–Crippen LogP) is 1.95. The van der Waals surface area contributed by atoms with Crippen LogP contribution in [0.25, 0.3) is 0 Å². The number of esters is 3. The molecule has 59 heavy (non-hydrogen) atoms. The first-order valence-electron chi connectivity index (χ1n) is 18.8. The number of rotatable bonds is 22. The van der Waals surface area contributed by atoms with Crippen LogP contribution >= 0.6 is 0 Å². The number of alkyl carbamates (subject to hydrolysis) is 2. The summed E-state index contributed by atoms with van der Waals surface area (Å²) in [7, 11) is 1.42. The van der Waals surface area contributed by atoms with Gasteiger partial charge in [0.05, 0.1) is 38.3 Å². The lowest BCUT2D eigenvalue weighted by molar-refractivity contribution is -0.146. The number of nitrogens with zero attached hydrogens (tertiary/aromatic N) is 4. The summed E-state index contributed by atoms with van der Waals surface area (Å²) >= 11 is 0. The molecular formula is C38H58N6O15. The maximum absolute atomic E-state index is 13.7. The summed E-state index contributed by atoms with van der Waals surface area (Å²) in [6, 6.07) is -1.86. The van der Waals surface area contributed by atoms with Crippen LogP contribution in [-0.4, -0.2) is 120 Å². The zero-order valence-electron chi connectivity index (χ0n) is 35.5. The van der Waals surface area contributed by atoms with Gasteiger partial charge in [-0.05, 0) is 61.8 Å². The van der Waals surface area contributed by atoms with Crippen LogP contribution in [0, 0.1) is 0 Å². The standard InChI is InChI=1S/C38H58N6O15/c1-13-29(22(2)3)32(47)58-27(10)25(8)41(12)38(53)59-28(11)26(9)44-36(51)42(16-20-56-33(48)39-14-18-54-30(45)23(4)5)35(50)43(37(44)52)17-21-57-34(49)40-15-19-55-31(46)24(6)7/h25-28H,4,6,13-21H2,1-3,5,7-12H3,(H,39,48)(H,40,49). The molecule has 0 aromatic carbocycles. The molecule has 4 unspecified atom stereocenters. The molecule has 21 nitrogen and oxygen atoms in total. The summed E-state index contributed by atoms with van der Waals surface area (Å²) in [5.74, 6) is -1.82. The molecule has 0 aliphatic rings. The molecule has 0 saturated heterocycles. The molecule has 0 saturated carbocycles. The highest BCUT2D eigenvalue weighted by Crippen LogP contribution is 2.17. The van der Waals surface area contributed by atoms with E-state index >= 15 is 0 Å². The number of aromatic nitrogens is 3. The van der Waals surface area contributed by atoms with Gasteiger partial charge in [-0.25, -0.2) is 56.9 Å². The molecule has 0 aliphatic carbocycles. The lowest BCUT2D eigenvalue weighted by Crippen LogP contribution is -2.57. The van der Waals surface area contributed by atoms with Gasteiger partial charge in [-0.1, -0.05) is 25.7 Å². The topological polar surface area (TPSA) is 251 Å². The Morgan fingerprint density at radius 1 is 0.644 bits per heavy atom. The highest BCUT2D eigenvalue weighted by molar-refractivity contribution is 5.89. The van der Waals surface area contributed by atoms with Crippen molar-refractivity contribution in [3.63, 3.8) is 0 Å². The zero-order chi connectivity index (χ0) is 45.1. The fourth-order valence-corrected chi connectivity index (χ4v) is 4.86. The van der Waals surface area contributed by atoms with E-state index < -0.39 is 104 Å². The molecule has 0 radical (unpaired) electrons. The lowest BCUT2D eigenvalue weighted by atomic mass is 10.1. The minimum Gasteiger partial charge on any atom is -0.460 e. The summed E-state index contributed by atoms with van der Waals surface area (Å²) in [5.41, 5.74) is -1.74. The number of amides is 3. The summed E-state index contributed by atoms with van der Waals surface area (Å²) in [4.78, 5) is 116. The molecule has 1 aromatic rings. The summed E-state index contributed by atoms with van der Waals surface area (Å²) in [5, 5.41) is 4.66. The van der Waals surface area contributed by atoms with Crippen molar-refractivity contribution in [2.75, 3.05) is 46.6 Å². The minimum atomic E-state index is -1.20. The van der Waals surface area contributed by atoms with Crippen molar-refractivity contribution < 1.29 is 57.2 Å². The summed E-state index contributed by atoms with van der Waals surface area (Å²) in [6.07, 6.45) is -4.27. The van der Waals surface area contributed by atoms with Crippen LogP contribution in [0.2, 0.25) is 0 Å². The monoisotopic (exact) mass is 838 g/mol. The molecule has 0 spiro atoms. The van der Waals surface area contributed by atoms with Gasteiger partial charge in [0, 0.05) is 23.8 Å². The van der Waals surface area contributed by atoms with Gasteiger partial charge in [0.1, 0.15) is 38.6 Å². The Balaban J connectivity index is 3.26. The molecule has 4 atom stereocenters. The molecule has 0 bridgehead atoms. The third-order valence-corrected chi connectivity index (χ3v) is 8.79. The van der Waals surface area contributed by atoms with E-state index in [4.69, 9.17) is 28.4 Å². The van der Waals surface area contributed by atoms with Crippen LogP contribution in [0.4, 0.5) is 14.4 Å². The highest BCUT2D eigenvalue weighted by atomic mass is 16.6. The molecule has 21 heteroatoms. The Hall–Kier alpha value is -6.15. The van der Waals surface area contributed by atoms with Gasteiger partial charge >= 0.3 is 53.3 Å². The Kier molecular flexibility index (Phi) is 21.2. The lowest BCUT2D eigenvalue weighted by Gasteiger charge is -2.31. The van der Waals surface area contributed by atoms with Crippen molar-refractivity contribution in [1.82, 2.24) is 29.2 Å². The molecule has 3 amide bonds. The maximum atomic E-state index is 13.7. The first-order chi connectivity index (χ1) is 27.6. The summed E-state index contributed by atoms with van der Waals surface area (Å²) in [6.45, 7) is 18.5. The van der Waals surface area contributed by atoms with E-state index in [0.717, 1.165) is 5.57 Å². The van der Waals surface area contributed by atoms with E-state index in [1.807, 2.05) is 6.92 Å². The second-order valence-corrected chi connectivity index (χ2v) is 13.6. The van der Waals surface area contributed by atoms with E-state index in [2.05, 4.69) is 23.8 Å². The van der Waals surface area contributed by atoms with Crippen LogP contribution in [0.3, 0.4) is 0 Å². The molecule has 1 heterocycles. The van der Waals surface area contributed by atoms with E-state index in [-0.39, 0.29) is 37.4 Å². The quantitative estimate of drug-likeness (QED) is 0.0733. The van der Waals surface area contributed by atoms with Crippen LogP contribution in [0.1, 0.15) is 74.8 Å². The Morgan fingerprint density at radius 3 is 1.47 bits per heavy atom. The number of carbonyl (C=O) groups excluding carboxylic acids is 6. The highest BCUT2D eigenvalue weighted by Gasteiger charge is 2.30. The van der Waals surface area contributed by atoms with Crippen molar-refractivity contribution in [3.8, 4) is 0 Å². The minimum absolute atomic E-state index is 0.120. The van der Waals surface area contributed by atoms with Gasteiger partial charge in [-0.15, -0.1) is 0 Å². The Bertz CT molecular complexity index is 1830. The fraction of sp³-hybridized carbons (Fsp3) is 0.605. The number of carbonyl (C=O) groups is 6. The van der Waals surface area contributed by atoms with E-state index in [1.165, 1.54) is 39.6 Å². The number of likely N-dealkylation sites (N-methyl/N-ethyl adjacent to an activating group) is 1. The van der Waals surface area contributed by atoms with E-state index in [0.29, 0.717) is 25.7 Å². The average Bonchev–Trinajstić information content (AvgIpc) is 3.16. The molecule has 0 aliphatic heterocycles. The van der Waals surface area contributed by atoms with Gasteiger partial charge in [0.2, 0.25) is 0 Å². The molecule has 1 rings (SSSR count). The number of ether oxygens (including phenoxy) is 6. The first kappa shape index (κ1) is 50.9. The number of hydrogen-bond acceptors (Lipinski definition) is 15. The fourth-order valence-electron chi connectivity index (χ4n) is 4.86.